The van der Waals surface area contributed by atoms with Crippen LogP contribution in [0, 0.1) is 6.92 Å². The molecule has 0 atom stereocenters. The van der Waals surface area contributed by atoms with Gasteiger partial charge in [-0.05, 0) is 72.1 Å². The van der Waals surface area contributed by atoms with Crippen LogP contribution in [0.2, 0.25) is 0 Å². The lowest BCUT2D eigenvalue weighted by molar-refractivity contribution is 0.234. The highest BCUT2D eigenvalue weighted by Gasteiger charge is 2.17. The van der Waals surface area contributed by atoms with Crippen LogP contribution in [0.25, 0.3) is 26.6 Å². The summed E-state index contributed by atoms with van der Waals surface area (Å²) in [7, 11) is 1.67. The van der Waals surface area contributed by atoms with E-state index in [0.717, 1.165) is 43.2 Å². The molecule has 1 aromatic heterocycles. The average molecular weight is 419 g/mol. The van der Waals surface area contributed by atoms with Crippen LogP contribution in [0.15, 0.2) is 66.7 Å². The zero-order valence-corrected chi connectivity index (χ0v) is 17.6. The predicted octanol–water partition coefficient (Wildman–Crippen LogP) is 6.74. The normalized spacial score (nSPS) is 11.4. The molecule has 0 aliphatic carbocycles. The van der Waals surface area contributed by atoms with Crippen molar-refractivity contribution in [2.24, 2.45) is 0 Å². The number of methoxy groups -OCH3 is 1. The smallest absolute Gasteiger partial charge is 0.153 e. The highest BCUT2D eigenvalue weighted by molar-refractivity contribution is 7.22. The van der Waals surface area contributed by atoms with Gasteiger partial charge in [-0.15, -0.1) is 11.3 Å². The topological polar surface area (TPSA) is 58.9 Å². The number of phenolic OH excluding ortho intramolecular Hbond substituents is 2. The van der Waals surface area contributed by atoms with Crippen molar-refractivity contribution in [1.82, 2.24) is 0 Å². The minimum atomic E-state index is 0.218. The van der Waals surface area contributed by atoms with E-state index in [0.29, 0.717) is 6.61 Å². The van der Waals surface area contributed by atoms with E-state index < -0.39 is 0 Å². The van der Waals surface area contributed by atoms with Gasteiger partial charge >= 0.3 is 0 Å². The van der Waals surface area contributed by atoms with Gasteiger partial charge in [0.1, 0.15) is 17.2 Å². The first-order chi connectivity index (χ1) is 14.5. The molecule has 0 aliphatic heterocycles. The molecule has 3 aromatic carbocycles. The summed E-state index contributed by atoms with van der Waals surface area (Å²) in [5, 5.41) is 20.7. The molecular formula is C25H22O4S. The van der Waals surface area contributed by atoms with Gasteiger partial charge < -0.3 is 19.7 Å². The van der Waals surface area contributed by atoms with Gasteiger partial charge in [0.05, 0.1) is 11.5 Å². The summed E-state index contributed by atoms with van der Waals surface area (Å²) >= 11 is 1.55. The van der Waals surface area contributed by atoms with Crippen LogP contribution >= 0.6 is 11.3 Å². The molecular weight excluding hydrogens is 396 g/mol. The lowest BCUT2D eigenvalue weighted by Crippen LogP contribution is -1.87. The predicted molar refractivity (Wildman–Crippen MR) is 123 cm³/mol. The van der Waals surface area contributed by atoms with Crippen molar-refractivity contribution in [3.05, 3.63) is 77.9 Å². The molecule has 1 heterocycles. The molecule has 0 bridgehead atoms. The summed E-state index contributed by atoms with van der Waals surface area (Å²) < 4.78 is 12.3. The third-order valence-corrected chi connectivity index (χ3v) is 5.94. The first-order valence-electron chi connectivity index (χ1n) is 9.54. The third-order valence-electron chi connectivity index (χ3n) is 4.76. The Hall–Kier alpha value is -3.28. The van der Waals surface area contributed by atoms with Crippen LogP contribution in [-0.4, -0.2) is 23.9 Å². The number of benzene rings is 3. The molecule has 0 unspecified atom stereocenters. The number of aryl methyl sites for hydroxylation is 1. The zero-order valence-electron chi connectivity index (χ0n) is 16.8. The van der Waals surface area contributed by atoms with Gasteiger partial charge in [0, 0.05) is 17.2 Å². The molecule has 0 spiro atoms. The molecule has 0 amide bonds. The first-order valence-corrected chi connectivity index (χ1v) is 10.4. The van der Waals surface area contributed by atoms with E-state index in [2.05, 4.69) is 0 Å². The number of phenols is 2. The maximum Gasteiger partial charge on any atom is 0.153 e. The summed E-state index contributed by atoms with van der Waals surface area (Å²) in [6, 6.07) is 18.6. The van der Waals surface area contributed by atoms with Gasteiger partial charge in [-0.1, -0.05) is 24.3 Å². The van der Waals surface area contributed by atoms with E-state index >= 15 is 0 Å². The first kappa shape index (κ1) is 20.0. The quantitative estimate of drug-likeness (QED) is 0.364. The van der Waals surface area contributed by atoms with Gasteiger partial charge in [0.15, 0.2) is 5.75 Å². The lowest BCUT2D eigenvalue weighted by Gasteiger charge is -2.09. The lowest BCUT2D eigenvalue weighted by atomic mass is 10.1. The number of hydrogen-bond acceptors (Lipinski definition) is 5. The Labute approximate surface area is 179 Å². The van der Waals surface area contributed by atoms with Crippen LogP contribution in [-0.2, 0) is 4.74 Å². The molecule has 4 aromatic rings. The van der Waals surface area contributed by atoms with E-state index in [4.69, 9.17) is 9.47 Å². The van der Waals surface area contributed by atoms with Crippen molar-refractivity contribution >= 4 is 27.5 Å². The fourth-order valence-electron chi connectivity index (χ4n) is 3.19. The third kappa shape index (κ3) is 4.17. The zero-order chi connectivity index (χ0) is 21.1. The highest BCUT2D eigenvalue weighted by atomic mass is 32.1. The van der Waals surface area contributed by atoms with Crippen molar-refractivity contribution in [2.75, 3.05) is 13.7 Å². The number of rotatable bonds is 6. The van der Waals surface area contributed by atoms with Crippen LogP contribution in [0.1, 0.15) is 11.1 Å². The number of aromatic hydroxyl groups is 2. The minimum Gasteiger partial charge on any atom is -0.508 e. The Bertz CT molecular complexity index is 1210. The van der Waals surface area contributed by atoms with E-state index in [9.17, 15) is 10.2 Å². The van der Waals surface area contributed by atoms with E-state index in [-0.39, 0.29) is 11.5 Å². The number of ether oxygens (including phenoxy) is 2. The number of fused-ring (bicyclic) bond motifs is 1. The Morgan fingerprint density at radius 1 is 0.967 bits per heavy atom. The number of hydrogen-bond donors (Lipinski definition) is 2. The van der Waals surface area contributed by atoms with E-state index in [1.54, 1.807) is 36.6 Å². The second-order valence-corrected chi connectivity index (χ2v) is 8.02. The van der Waals surface area contributed by atoms with E-state index in [1.807, 2.05) is 61.5 Å². The molecule has 30 heavy (non-hydrogen) atoms. The van der Waals surface area contributed by atoms with Crippen LogP contribution in [0.3, 0.4) is 0 Å². The van der Waals surface area contributed by atoms with Crippen LogP contribution in [0.5, 0.6) is 23.0 Å². The second-order valence-electron chi connectivity index (χ2n) is 6.97. The van der Waals surface area contributed by atoms with Gasteiger partial charge in [0.25, 0.3) is 0 Å². The second kappa shape index (κ2) is 8.61. The van der Waals surface area contributed by atoms with Gasteiger partial charge in [0.2, 0.25) is 0 Å². The molecule has 0 aliphatic rings. The van der Waals surface area contributed by atoms with Crippen LogP contribution in [0.4, 0.5) is 0 Å². The van der Waals surface area contributed by atoms with Crippen LogP contribution < -0.4 is 4.74 Å². The maximum atomic E-state index is 9.91. The monoisotopic (exact) mass is 418 g/mol. The average Bonchev–Trinajstić information content (AvgIpc) is 3.09. The molecule has 4 rings (SSSR count). The minimum absolute atomic E-state index is 0.218. The van der Waals surface area contributed by atoms with Gasteiger partial charge in [-0.25, -0.2) is 0 Å². The molecule has 0 fully saturated rings. The molecule has 4 nitrogen and oxygen atoms in total. The maximum absolute atomic E-state index is 9.91. The Kier molecular flexibility index (Phi) is 5.74. The van der Waals surface area contributed by atoms with Crippen molar-refractivity contribution in [3.8, 4) is 33.4 Å². The summed E-state index contributed by atoms with van der Waals surface area (Å²) in [4.78, 5) is 0.947. The van der Waals surface area contributed by atoms with Gasteiger partial charge in [-0.2, -0.15) is 0 Å². The Morgan fingerprint density at radius 3 is 2.50 bits per heavy atom. The fourth-order valence-corrected chi connectivity index (χ4v) is 4.35. The summed E-state index contributed by atoms with van der Waals surface area (Å²) in [6.07, 6.45) is 3.96. The molecule has 2 N–H and O–H groups in total. The standard InChI is InChI=1S/C25H22O4S/c1-16-14-18(7-12-22(16)27)25-24(21-11-8-19(26)15-23(21)30-25)29-20-9-5-17(6-10-20)4-3-13-28-2/h3-12,14-15,26-27H,13H2,1-2H3/b4-3+. The Balaban J connectivity index is 1.74. The molecule has 0 saturated heterocycles. The SMILES string of the molecule is COC/C=C/c1ccc(Oc2c(-c3ccc(O)c(C)c3)sc3cc(O)ccc23)cc1. The molecule has 152 valence electrons. The molecule has 5 heteroatoms. The highest BCUT2D eigenvalue weighted by Crippen LogP contribution is 2.47. The Morgan fingerprint density at radius 2 is 1.77 bits per heavy atom. The summed E-state index contributed by atoms with van der Waals surface area (Å²) in [5.41, 5.74) is 2.82. The van der Waals surface area contributed by atoms with Crippen molar-refractivity contribution in [2.45, 2.75) is 6.92 Å². The van der Waals surface area contributed by atoms with Gasteiger partial charge in [-0.3, -0.25) is 0 Å². The molecule has 0 saturated carbocycles. The van der Waals surface area contributed by atoms with Crippen molar-refractivity contribution < 1.29 is 19.7 Å². The summed E-state index contributed by atoms with van der Waals surface area (Å²) in [5.74, 6) is 1.94. The number of thiophene rings is 1. The summed E-state index contributed by atoms with van der Waals surface area (Å²) in [6.45, 7) is 2.44. The largest absolute Gasteiger partial charge is 0.508 e. The van der Waals surface area contributed by atoms with Crippen molar-refractivity contribution in [3.63, 3.8) is 0 Å². The fraction of sp³-hybridized carbons (Fsp3) is 0.120. The van der Waals surface area contributed by atoms with E-state index in [1.165, 1.54) is 0 Å². The molecule has 0 radical (unpaired) electrons. The van der Waals surface area contributed by atoms with Crippen molar-refractivity contribution in [1.29, 1.82) is 0 Å².